The Morgan fingerprint density at radius 2 is 2.18 bits per heavy atom. The molecule has 0 bridgehead atoms. The van der Waals surface area contributed by atoms with Crippen LogP contribution in [0.3, 0.4) is 0 Å². The predicted molar refractivity (Wildman–Crippen MR) is 68.2 cm³/mol. The smallest absolute Gasteiger partial charge is 0.0928 e. The molecule has 94 valence electrons. The summed E-state index contributed by atoms with van der Waals surface area (Å²) in [5, 5.41) is 14.0. The van der Waals surface area contributed by atoms with Crippen LogP contribution in [0.5, 0.6) is 0 Å². The number of aliphatic hydroxyl groups is 1. The number of rotatable bonds is 5. The Labute approximate surface area is 107 Å². The molecule has 1 aromatic carbocycles. The molecule has 1 aliphatic carbocycles. The van der Waals surface area contributed by atoms with Crippen LogP contribution >= 0.6 is 11.6 Å². The highest BCUT2D eigenvalue weighted by Gasteiger charge is 2.28. The Hall–Kier alpha value is -0.610. The molecule has 1 fully saturated rings. The summed E-state index contributed by atoms with van der Waals surface area (Å²) in [5.41, 5.74) is 0.782. The van der Waals surface area contributed by atoms with Gasteiger partial charge >= 0.3 is 0 Å². The van der Waals surface area contributed by atoms with Crippen molar-refractivity contribution in [1.82, 2.24) is 5.32 Å². The van der Waals surface area contributed by atoms with E-state index in [9.17, 15) is 5.11 Å². The molecule has 0 aliphatic heterocycles. The Kier molecular flexibility index (Phi) is 4.40. The highest BCUT2D eigenvalue weighted by Crippen LogP contribution is 2.25. The second kappa shape index (κ2) is 5.83. The number of nitrogens with one attached hydrogen (secondary N) is 1. The van der Waals surface area contributed by atoms with E-state index in [0.29, 0.717) is 23.7 Å². The number of methoxy groups -OCH3 is 1. The zero-order valence-corrected chi connectivity index (χ0v) is 10.7. The van der Waals surface area contributed by atoms with E-state index in [4.69, 9.17) is 16.3 Å². The fourth-order valence-electron chi connectivity index (χ4n) is 2.06. The van der Waals surface area contributed by atoms with Crippen molar-refractivity contribution in [2.24, 2.45) is 0 Å². The first-order chi connectivity index (χ1) is 8.20. The van der Waals surface area contributed by atoms with Crippen molar-refractivity contribution in [3.05, 3.63) is 34.9 Å². The summed E-state index contributed by atoms with van der Waals surface area (Å²) in [6.45, 7) is 0.533. The first-order valence-electron chi connectivity index (χ1n) is 5.89. The molecule has 0 saturated heterocycles. The van der Waals surface area contributed by atoms with Crippen LogP contribution in [0.15, 0.2) is 24.3 Å². The fourth-order valence-corrected chi connectivity index (χ4v) is 2.32. The predicted octanol–water partition coefficient (Wildman–Crippen LogP) is 2.14. The highest BCUT2D eigenvalue weighted by atomic mass is 35.5. The molecule has 1 saturated carbocycles. The van der Waals surface area contributed by atoms with Gasteiger partial charge in [-0.25, -0.2) is 0 Å². The molecule has 0 radical (unpaired) electrons. The third-order valence-corrected chi connectivity index (χ3v) is 3.64. The van der Waals surface area contributed by atoms with Crippen LogP contribution < -0.4 is 5.32 Å². The Bertz CT molecular complexity index is 366. The highest BCUT2D eigenvalue weighted by molar-refractivity contribution is 6.31. The van der Waals surface area contributed by atoms with Crippen LogP contribution in [0.2, 0.25) is 5.02 Å². The van der Waals surface area contributed by atoms with Crippen molar-refractivity contribution in [3.63, 3.8) is 0 Å². The SMILES string of the molecule is COC1CC(NCC(O)c2ccccc2Cl)C1. The van der Waals surface area contributed by atoms with Gasteiger partial charge in [-0.15, -0.1) is 0 Å². The second-order valence-electron chi connectivity index (χ2n) is 4.47. The molecular weight excluding hydrogens is 238 g/mol. The fraction of sp³-hybridized carbons (Fsp3) is 0.538. The van der Waals surface area contributed by atoms with Gasteiger partial charge in [-0.2, -0.15) is 0 Å². The van der Waals surface area contributed by atoms with Crippen LogP contribution in [0.1, 0.15) is 24.5 Å². The van der Waals surface area contributed by atoms with E-state index in [0.717, 1.165) is 18.4 Å². The number of aliphatic hydroxyl groups excluding tert-OH is 1. The van der Waals surface area contributed by atoms with E-state index in [1.54, 1.807) is 13.2 Å². The lowest BCUT2D eigenvalue weighted by Gasteiger charge is -2.35. The minimum atomic E-state index is -0.551. The maximum atomic E-state index is 10.0. The van der Waals surface area contributed by atoms with E-state index in [1.807, 2.05) is 18.2 Å². The van der Waals surface area contributed by atoms with Gasteiger partial charge in [0.15, 0.2) is 0 Å². The lowest BCUT2D eigenvalue weighted by atomic mass is 9.89. The molecule has 2 N–H and O–H groups in total. The molecule has 1 aromatic rings. The van der Waals surface area contributed by atoms with Gasteiger partial charge in [-0.05, 0) is 18.9 Å². The lowest BCUT2D eigenvalue weighted by molar-refractivity contribution is 0.0137. The van der Waals surface area contributed by atoms with Gasteiger partial charge in [-0.1, -0.05) is 29.8 Å². The first-order valence-corrected chi connectivity index (χ1v) is 6.27. The topological polar surface area (TPSA) is 41.5 Å². The molecule has 4 heteroatoms. The normalized spacial score (nSPS) is 25.4. The number of halogens is 1. The first kappa shape index (κ1) is 12.8. The molecule has 1 aliphatic rings. The van der Waals surface area contributed by atoms with Gasteiger partial charge in [0.05, 0.1) is 12.2 Å². The van der Waals surface area contributed by atoms with E-state index >= 15 is 0 Å². The zero-order valence-electron chi connectivity index (χ0n) is 9.90. The van der Waals surface area contributed by atoms with Gasteiger partial charge in [0.2, 0.25) is 0 Å². The van der Waals surface area contributed by atoms with Crippen molar-refractivity contribution in [2.75, 3.05) is 13.7 Å². The van der Waals surface area contributed by atoms with E-state index < -0.39 is 6.10 Å². The Morgan fingerprint density at radius 3 is 2.82 bits per heavy atom. The second-order valence-corrected chi connectivity index (χ2v) is 4.88. The number of benzene rings is 1. The minimum Gasteiger partial charge on any atom is -0.387 e. The monoisotopic (exact) mass is 255 g/mol. The quantitative estimate of drug-likeness (QED) is 0.847. The molecule has 1 unspecified atom stereocenters. The van der Waals surface area contributed by atoms with Crippen molar-refractivity contribution < 1.29 is 9.84 Å². The molecule has 3 nitrogen and oxygen atoms in total. The van der Waals surface area contributed by atoms with Crippen molar-refractivity contribution >= 4 is 11.6 Å². The van der Waals surface area contributed by atoms with Crippen LogP contribution in [0.4, 0.5) is 0 Å². The molecular formula is C13H18ClNO2. The average molecular weight is 256 g/mol. The van der Waals surface area contributed by atoms with Gasteiger partial charge in [-0.3, -0.25) is 0 Å². The van der Waals surface area contributed by atoms with Crippen molar-refractivity contribution in [2.45, 2.75) is 31.1 Å². The van der Waals surface area contributed by atoms with Crippen LogP contribution in [0.25, 0.3) is 0 Å². The maximum Gasteiger partial charge on any atom is 0.0928 e. The van der Waals surface area contributed by atoms with Gasteiger partial charge < -0.3 is 15.2 Å². The van der Waals surface area contributed by atoms with Gasteiger partial charge in [0, 0.05) is 30.3 Å². The molecule has 17 heavy (non-hydrogen) atoms. The van der Waals surface area contributed by atoms with Crippen LogP contribution in [-0.2, 0) is 4.74 Å². The third-order valence-electron chi connectivity index (χ3n) is 3.29. The maximum absolute atomic E-state index is 10.0. The summed E-state index contributed by atoms with van der Waals surface area (Å²) < 4.78 is 5.20. The standard InChI is InChI=1S/C13H18ClNO2/c1-17-10-6-9(7-10)15-8-13(16)11-4-2-3-5-12(11)14/h2-5,9-10,13,15-16H,6-8H2,1H3. The minimum absolute atomic E-state index is 0.380. The molecule has 0 spiro atoms. The van der Waals surface area contributed by atoms with Gasteiger partial charge in [0.25, 0.3) is 0 Å². The summed E-state index contributed by atoms with van der Waals surface area (Å²) in [5.74, 6) is 0. The summed E-state index contributed by atoms with van der Waals surface area (Å²) in [4.78, 5) is 0. The van der Waals surface area contributed by atoms with Crippen LogP contribution in [-0.4, -0.2) is 30.9 Å². The third kappa shape index (κ3) is 3.19. The summed E-state index contributed by atoms with van der Waals surface area (Å²) in [6.07, 6.45) is 1.87. The molecule has 0 heterocycles. The molecule has 1 atom stereocenters. The molecule has 0 aromatic heterocycles. The van der Waals surface area contributed by atoms with E-state index in [1.165, 1.54) is 0 Å². The Balaban J connectivity index is 1.78. The van der Waals surface area contributed by atoms with Crippen molar-refractivity contribution in [3.8, 4) is 0 Å². The van der Waals surface area contributed by atoms with Crippen LogP contribution in [0, 0.1) is 0 Å². The number of ether oxygens (including phenoxy) is 1. The summed E-state index contributed by atoms with van der Waals surface area (Å²) in [6, 6.07) is 7.85. The van der Waals surface area contributed by atoms with E-state index in [-0.39, 0.29) is 0 Å². The largest absolute Gasteiger partial charge is 0.387 e. The zero-order chi connectivity index (χ0) is 12.3. The Morgan fingerprint density at radius 1 is 1.47 bits per heavy atom. The summed E-state index contributed by atoms with van der Waals surface area (Å²) >= 11 is 6.02. The molecule has 2 rings (SSSR count). The summed E-state index contributed by atoms with van der Waals surface area (Å²) in [7, 11) is 1.74. The van der Waals surface area contributed by atoms with Gasteiger partial charge in [0.1, 0.15) is 0 Å². The van der Waals surface area contributed by atoms with Crippen molar-refractivity contribution in [1.29, 1.82) is 0 Å². The number of hydrogen-bond donors (Lipinski definition) is 2. The van der Waals surface area contributed by atoms with E-state index in [2.05, 4.69) is 5.32 Å². The average Bonchev–Trinajstić information content (AvgIpc) is 2.27. The lowest BCUT2D eigenvalue weighted by Crippen LogP contribution is -2.46. The number of hydrogen-bond acceptors (Lipinski definition) is 3. The molecule has 0 amide bonds.